The van der Waals surface area contributed by atoms with E-state index in [-0.39, 0.29) is 36.6 Å². The van der Waals surface area contributed by atoms with Gasteiger partial charge in [0.2, 0.25) is 0 Å². The number of nitrogens with zero attached hydrogens (tertiary/aromatic N) is 2. The Labute approximate surface area is 452 Å². The highest BCUT2D eigenvalue weighted by molar-refractivity contribution is 5.89. The second kappa shape index (κ2) is 31.7. The van der Waals surface area contributed by atoms with E-state index in [4.69, 9.17) is 19.7 Å². The molecule has 2 unspecified atom stereocenters. The summed E-state index contributed by atoms with van der Waals surface area (Å²) in [5.74, 6) is -1.47. The lowest BCUT2D eigenvalue weighted by Crippen LogP contribution is -2.38. The van der Waals surface area contributed by atoms with Crippen molar-refractivity contribution in [3.8, 4) is 0 Å². The maximum absolute atomic E-state index is 10.6. The molecule has 10 heteroatoms. The van der Waals surface area contributed by atoms with Crippen LogP contribution < -0.4 is 0 Å². The number of benzene rings is 6. The maximum Gasteiger partial charge on any atom is 0.328 e. The largest absolute Gasteiger partial charge is 0.478 e. The Morgan fingerprint density at radius 3 is 0.947 bits per heavy atom. The van der Waals surface area contributed by atoms with E-state index in [0.29, 0.717) is 24.0 Å². The highest BCUT2D eigenvalue weighted by Crippen LogP contribution is 2.32. The van der Waals surface area contributed by atoms with Gasteiger partial charge in [0.05, 0.1) is 24.4 Å². The molecule has 10 nitrogen and oxygen atoms in total. The van der Waals surface area contributed by atoms with E-state index in [9.17, 15) is 19.8 Å². The smallest absolute Gasteiger partial charge is 0.328 e. The first kappa shape index (κ1) is 59.0. The number of hydrogen-bond donors (Lipinski definition) is 4. The van der Waals surface area contributed by atoms with E-state index in [1.807, 2.05) is 0 Å². The van der Waals surface area contributed by atoms with Crippen molar-refractivity contribution < 1.29 is 39.5 Å². The Kier molecular flexibility index (Phi) is 24.6. The predicted molar refractivity (Wildman–Crippen MR) is 304 cm³/mol. The number of hydrogen-bond acceptors (Lipinski definition) is 8. The molecular weight excluding hydrogens is 949 g/mol. The number of piperidine rings is 2. The third-order valence-electron chi connectivity index (χ3n) is 14.4. The highest BCUT2D eigenvalue weighted by atomic mass is 16.5. The van der Waals surface area contributed by atoms with E-state index >= 15 is 0 Å². The Balaban J connectivity index is 0.000000216. The van der Waals surface area contributed by atoms with Crippen LogP contribution in [-0.4, -0.2) is 93.6 Å². The molecule has 6 aromatic carbocycles. The van der Waals surface area contributed by atoms with Crippen molar-refractivity contribution in [2.24, 2.45) is 0 Å². The lowest BCUT2D eigenvalue weighted by molar-refractivity contribution is -0.134. The molecular formula is C66H82N2O8. The second-order valence-electron chi connectivity index (χ2n) is 20.7. The minimum atomic E-state index is -1.26. The van der Waals surface area contributed by atoms with Crippen molar-refractivity contribution in [2.75, 3.05) is 39.3 Å². The van der Waals surface area contributed by atoms with Gasteiger partial charge in [-0.1, -0.05) is 198 Å². The molecule has 0 radical (unpaired) electrons. The molecule has 0 bridgehead atoms. The first-order valence-electron chi connectivity index (χ1n) is 27.5. The van der Waals surface area contributed by atoms with Gasteiger partial charge < -0.3 is 39.7 Å². The minimum Gasteiger partial charge on any atom is -0.478 e. The molecule has 2 fully saturated rings. The Morgan fingerprint density at radius 1 is 0.434 bits per heavy atom. The van der Waals surface area contributed by atoms with Gasteiger partial charge in [-0.05, 0) is 121 Å². The van der Waals surface area contributed by atoms with Gasteiger partial charge in [0.25, 0.3) is 0 Å². The summed E-state index contributed by atoms with van der Waals surface area (Å²) in [6, 6.07) is 59.1. The van der Waals surface area contributed by atoms with Crippen LogP contribution in [0.1, 0.15) is 160 Å². The summed E-state index contributed by atoms with van der Waals surface area (Å²) in [6.07, 6.45) is 8.71. The van der Waals surface area contributed by atoms with E-state index in [1.54, 1.807) is 0 Å². The lowest BCUT2D eigenvalue weighted by atomic mass is 9.98. The average Bonchev–Trinajstić information content (AvgIpc) is 3.45. The molecule has 2 heterocycles. The van der Waals surface area contributed by atoms with Crippen molar-refractivity contribution >= 4 is 11.9 Å². The fourth-order valence-corrected chi connectivity index (χ4v) is 9.83. The molecule has 0 aromatic heterocycles. The Bertz CT molecular complexity index is 2300. The van der Waals surface area contributed by atoms with Crippen LogP contribution >= 0.6 is 0 Å². The quantitative estimate of drug-likeness (QED) is 0.0486. The zero-order valence-electron chi connectivity index (χ0n) is 45.2. The minimum absolute atomic E-state index is 0.0174. The molecule has 8 rings (SSSR count). The van der Waals surface area contributed by atoms with Gasteiger partial charge in [-0.15, -0.1) is 0 Å². The number of ether oxygens (including phenoxy) is 2. The molecule has 0 spiro atoms. The van der Waals surface area contributed by atoms with Crippen LogP contribution in [0.5, 0.6) is 0 Å². The summed E-state index contributed by atoms with van der Waals surface area (Å²) < 4.78 is 13.3. The van der Waals surface area contributed by atoms with Crippen LogP contribution in [0.3, 0.4) is 0 Å². The number of likely N-dealkylation sites (tertiary alicyclic amines) is 2. The fourth-order valence-electron chi connectivity index (χ4n) is 9.83. The number of carboxylic acids is 2. The van der Waals surface area contributed by atoms with Gasteiger partial charge in [0.1, 0.15) is 12.2 Å². The highest BCUT2D eigenvalue weighted by Gasteiger charge is 2.27. The molecule has 0 saturated carbocycles. The van der Waals surface area contributed by atoms with Crippen LogP contribution in [-0.2, 0) is 19.1 Å². The summed E-state index contributed by atoms with van der Waals surface area (Å²) in [6.45, 7) is 15.1. The SMILES string of the molecule is CC(C)c1ccc(C(O)CCCN2CCC(OC(c3ccccc3)c3ccccc3)CC2)cc1.CC(C)c1ccc(C(O)CCCN2CCC(OC(c3ccccc3)c3ccccc3)CC2)cc1.O=C(O)/C=C/C(=O)O. The van der Waals surface area contributed by atoms with Gasteiger partial charge in [-0.2, -0.15) is 0 Å². The Hall–Kier alpha value is -6.24. The van der Waals surface area contributed by atoms with E-state index in [2.05, 4.69) is 207 Å². The summed E-state index contributed by atoms with van der Waals surface area (Å²) in [7, 11) is 0. The Morgan fingerprint density at radius 2 is 0.697 bits per heavy atom. The first-order valence-corrected chi connectivity index (χ1v) is 27.5. The monoisotopic (exact) mass is 1030 g/mol. The molecule has 2 atom stereocenters. The van der Waals surface area contributed by atoms with Crippen molar-refractivity contribution in [3.05, 3.63) is 227 Å². The zero-order chi connectivity index (χ0) is 54.1. The topological polar surface area (TPSA) is 140 Å². The average molecular weight is 1030 g/mol. The lowest BCUT2D eigenvalue weighted by Gasteiger charge is -2.34. The predicted octanol–water partition coefficient (Wildman–Crippen LogP) is 13.5. The van der Waals surface area contributed by atoms with Crippen LogP contribution in [0.25, 0.3) is 0 Å². The number of aliphatic hydroxyl groups excluding tert-OH is 2. The molecule has 4 N–H and O–H groups in total. The molecule has 404 valence electrons. The van der Waals surface area contributed by atoms with Crippen LogP contribution in [0.15, 0.2) is 182 Å². The molecule has 76 heavy (non-hydrogen) atoms. The zero-order valence-corrected chi connectivity index (χ0v) is 45.2. The van der Waals surface area contributed by atoms with Crippen molar-refractivity contribution in [3.63, 3.8) is 0 Å². The third kappa shape index (κ3) is 20.0. The number of aliphatic hydroxyl groups is 2. The van der Waals surface area contributed by atoms with Crippen molar-refractivity contribution in [1.29, 1.82) is 0 Å². The normalized spacial score (nSPS) is 15.6. The van der Waals surface area contributed by atoms with Gasteiger partial charge in [0.15, 0.2) is 0 Å². The number of aliphatic carboxylic acids is 2. The first-order chi connectivity index (χ1) is 36.8. The van der Waals surface area contributed by atoms with Crippen LogP contribution in [0.4, 0.5) is 0 Å². The second-order valence-corrected chi connectivity index (χ2v) is 20.7. The molecule has 2 saturated heterocycles. The molecule has 0 amide bonds. The fraction of sp³-hybridized carbons (Fsp3) is 0.394. The maximum atomic E-state index is 10.6. The molecule has 0 aliphatic carbocycles. The van der Waals surface area contributed by atoms with Gasteiger partial charge in [0, 0.05) is 38.3 Å². The number of rotatable bonds is 22. The van der Waals surface area contributed by atoms with E-state index in [1.165, 1.54) is 33.4 Å². The molecule has 2 aliphatic rings. The van der Waals surface area contributed by atoms with Gasteiger partial charge in [-0.3, -0.25) is 0 Å². The van der Waals surface area contributed by atoms with Crippen LogP contribution in [0, 0.1) is 0 Å². The summed E-state index contributed by atoms with van der Waals surface area (Å²) in [5, 5.41) is 36.8. The summed E-state index contributed by atoms with van der Waals surface area (Å²) in [4.78, 5) is 24.2. The summed E-state index contributed by atoms with van der Waals surface area (Å²) >= 11 is 0. The third-order valence-corrected chi connectivity index (χ3v) is 14.4. The van der Waals surface area contributed by atoms with Crippen molar-refractivity contribution in [1.82, 2.24) is 9.80 Å². The van der Waals surface area contributed by atoms with Crippen LogP contribution in [0.2, 0.25) is 0 Å². The number of carboxylic acid groups (broad SMARTS) is 2. The summed E-state index contributed by atoms with van der Waals surface area (Å²) in [5.41, 5.74) is 9.57. The standard InChI is InChI=1S/2C31H39NO2.C4H4O4/c2*1-24(2)25-15-17-26(18-16-25)30(33)14-9-21-32-22-19-29(20-23-32)34-31(27-10-5-3-6-11-27)28-12-7-4-8-13-28;5-3(6)1-2-4(7)8/h2*3-8,10-13,15-18,24,29-31,33H,9,14,19-23H2,1-2H3;1-2H,(H,5,6)(H,7,8)/b;;2-1+. The van der Waals surface area contributed by atoms with Crippen molar-refractivity contribution in [2.45, 2.75) is 128 Å². The number of carbonyl (C=O) groups is 2. The molecule has 2 aliphatic heterocycles. The van der Waals surface area contributed by atoms with Gasteiger partial charge in [-0.25, -0.2) is 9.59 Å². The van der Waals surface area contributed by atoms with E-state index in [0.717, 1.165) is 102 Å². The van der Waals surface area contributed by atoms with E-state index < -0.39 is 11.9 Å². The van der Waals surface area contributed by atoms with Gasteiger partial charge >= 0.3 is 11.9 Å². The molecule has 6 aromatic rings.